The summed E-state index contributed by atoms with van der Waals surface area (Å²) < 4.78 is 4.81. The molecule has 2 N–H and O–H groups in total. The molecule has 0 aliphatic rings. The first-order valence-electron chi connectivity index (χ1n) is 5.58. The summed E-state index contributed by atoms with van der Waals surface area (Å²) in [5.41, 5.74) is 6.18. The Morgan fingerprint density at radius 3 is 2.06 bits per heavy atom. The third kappa shape index (κ3) is 17.1. The Bertz CT molecular complexity index is 289. The van der Waals surface area contributed by atoms with Gasteiger partial charge in [0.05, 0.1) is 6.61 Å². The van der Waals surface area contributed by atoms with Crippen molar-refractivity contribution in [2.75, 3.05) is 6.61 Å². The van der Waals surface area contributed by atoms with E-state index in [2.05, 4.69) is 13.5 Å². The van der Waals surface area contributed by atoms with Crippen LogP contribution in [0.3, 0.4) is 0 Å². The van der Waals surface area contributed by atoms with E-state index in [1.165, 1.54) is 6.08 Å². The van der Waals surface area contributed by atoms with E-state index >= 15 is 0 Å². The van der Waals surface area contributed by atoms with Crippen molar-refractivity contribution in [3.8, 4) is 0 Å². The van der Waals surface area contributed by atoms with Gasteiger partial charge in [-0.3, -0.25) is 4.79 Å². The third-order valence-corrected chi connectivity index (χ3v) is 1.51. The van der Waals surface area contributed by atoms with Crippen molar-refractivity contribution < 1.29 is 14.3 Å². The fraction of sp³-hybridized carbons (Fsp3) is 0.538. The molecule has 4 nitrogen and oxygen atoms in total. The average Bonchev–Trinajstić information content (AvgIpc) is 2.16. The van der Waals surface area contributed by atoms with Crippen LogP contribution in [0.1, 0.15) is 40.5 Å². The first-order valence-corrected chi connectivity index (χ1v) is 5.58. The van der Waals surface area contributed by atoms with Crippen molar-refractivity contribution in [2.45, 2.75) is 40.5 Å². The molecule has 98 valence electrons. The third-order valence-electron chi connectivity index (χ3n) is 1.51. The van der Waals surface area contributed by atoms with Crippen LogP contribution in [0.4, 0.5) is 0 Å². The Morgan fingerprint density at radius 1 is 1.29 bits per heavy atom. The summed E-state index contributed by atoms with van der Waals surface area (Å²) >= 11 is 0. The van der Waals surface area contributed by atoms with E-state index in [1.807, 2.05) is 13.8 Å². The molecule has 4 heteroatoms. The van der Waals surface area contributed by atoms with E-state index in [4.69, 9.17) is 10.5 Å². The Balaban J connectivity index is 0. The number of amides is 1. The highest BCUT2D eigenvalue weighted by Crippen LogP contribution is 1.94. The Kier molecular flexibility index (Phi) is 11.4. The maximum Gasteiger partial charge on any atom is 0.333 e. The fourth-order valence-corrected chi connectivity index (χ4v) is 0.717. The maximum absolute atomic E-state index is 10.7. The molecule has 0 unspecified atom stereocenters. The van der Waals surface area contributed by atoms with Gasteiger partial charge in [0.1, 0.15) is 0 Å². The summed E-state index contributed by atoms with van der Waals surface area (Å²) in [6.07, 6.45) is 3.36. The molecule has 0 rings (SSSR count). The SMILES string of the molecule is C=C(C)C(=O)OCCCC.CC(C)=CC(N)=O. The van der Waals surface area contributed by atoms with Gasteiger partial charge in [-0.15, -0.1) is 0 Å². The minimum Gasteiger partial charge on any atom is -0.462 e. The minimum atomic E-state index is -0.375. The zero-order valence-corrected chi connectivity index (χ0v) is 11.2. The predicted molar refractivity (Wildman–Crippen MR) is 69.3 cm³/mol. The number of hydrogen-bond donors (Lipinski definition) is 1. The number of carbonyl (C=O) groups is 2. The van der Waals surface area contributed by atoms with Crippen molar-refractivity contribution in [3.05, 3.63) is 23.8 Å². The van der Waals surface area contributed by atoms with E-state index in [1.54, 1.807) is 6.92 Å². The first-order chi connectivity index (χ1) is 7.81. The van der Waals surface area contributed by atoms with Crippen LogP contribution >= 0.6 is 0 Å². The molecule has 0 aromatic carbocycles. The van der Waals surface area contributed by atoms with Gasteiger partial charge in [-0.2, -0.15) is 0 Å². The van der Waals surface area contributed by atoms with E-state index in [0.717, 1.165) is 18.4 Å². The van der Waals surface area contributed by atoms with Crippen molar-refractivity contribution in [1.29, 1.82) is 0 Å². The molecule has 0 radical (unpaired) electrons. The van der Waals surface area contributed by atoms with Crippen LogP contribution in [0.5, 0.6) is 0 Å². The van der Waals surface area contributed by atoms with Gasteiger partial charge in [0, 0.05) is 11.6 Å². The molecular weight excluding hydrogens is 218 g/mol. The highest BCUT2D eigenvalue weighted by atomic mass is 16.5. The molecule has 0 aromatic heterocycles. The van der Waals surface area contributed by atoms with Crippen LogP contribution in [-0.4, -0.2) is 18.5 Å². The second-order valence-electron chi connectivity index (χ2n) is 3.89. The molecule has 0 aliphatic heterocycles. The van der Waals surface area contributed by atoms with Crippen LogP contribution in [0.2, 0.25) is 0 Å². The largest absolute Gasteiger partial charge is 0.462 e. The lowest BCUT2D eigenvalue weighted by molar-refractivity contribution is -0.139. The number of hydrogen-bond acceptors (Lipinski definition) is 3. The van der Waals surface area contributed by atoms with Crippen LogP contribution in [0.15, 0.2) is 23.8 Å². The number of allylic oxidation sites excluding steroid dienone is 1. The number of primary amides is 1. The van der Waals surface area contributed by atoms with Crippen molar-refractivity contribution >= 4 is 11.9 Å². The lowest BCUT2D eigenvalue weighted by Gasteiger charge is -2.01. The van der Waals surface area contributed by atoms with E-state index in [0.29, 0.717) is 12.2 Å². The summed E-state index contributed by atoms with van der Waals surface area (Å²) in [7, 11) is 0. The van der Waals surface area contributed by atoms with Crippen molar-refractivity contribution in [3.63, 3.8) is 0 Å². The minimum absolute atomic E-state index is 0.284. The van der Waals surface area contributed by atoms with E-state index < -0.39 is 0 Å². The standard InChI is InChI=1S/C8H14O2.C5H9NO/c1-4-5-6-10-8(9)7(2)3;1-4(2)3-5(6)7/h2,4-6H2,1,3H3;3H,1-2H3,(H2,6,7). The summed E-state index contributed by atoms with van der Waals surface area (Å²) in [4.78, 5) is 20.7. The van der Waals surface area contributed by atoms with Crippen LogP contribution in [0.25, 0.3) is 0 Å². The molecule has 0 spiro atoms. The smallest absolute Gasteiger partial charge is 0.333 e. The fourth-order valence-electron chi connectivity index (χ4n) is 0.717. The molecule has 0 aliphatic carbocycles. The zero-order valence-electron chi connectivity index (χ0n) is 11.2. The Hall–Kier alpha value is -1.58. The first kappa shape index (κ1) is 17.8. The van der Waals surface area contributed by atoms with Crippen LogP contribution in [-0.2, 0) is 14.3 Å². The van der Waals surface area contributed by atoms with Gasteiger partial charge in [0.2, 0.25) is 5.91 Å². The summed E-state index contributed by atoms with van der Waals surface area (Å²) in [5.74, 6) is -0.659. The quantitative estimate of drug-likeness (QED) is 0.456. The number of ether oxygens (including phenoxy) is 1. The molecule has 0 fully saturated rings. The number of rotatable bonds is 5. The molecule has 17 heavy (non-hydrogen) atoms. The molecule has 1 amide bonds. The molecular formula is C13H23NO3. The second-order valence-corrected chi connectivity index (χ2v) is 3.89. The van der Waals surface area contributed by atoms with Gasteiger partial charge in [-0.1, -0.05) is 25.5 Å². The van der Waals surface area contributed by atoms with Gasteiger partial charge in [-0.05, 0) is 27.2 Å². The van der Waals surface area contributed by atoms with Crippen LogP contribution < -0.4 is 5.73 Å². The van der Waals surface area contributed by atoms with Gasteiger partial charge >= 0.3 is 5.97 Å². The molecule has 0 heterocycles. The molecule has 0 bridgehead atoms. The maximum atomic E-state index is 10.7. The van der Waals surface area contributed by atoms with Gasteiger partial charge in [0.25, 0.3) is 0 Å². The summed E-state index contributed by atoms with van der Waals surface area (Å²) in [6, 6.07) is 0. The highest BCUT2D eigenvalue weighted by molar-refractivity contribution is 5.87. The topological polar surface area (TPSA) is 69.4 Å². The van der Waals surface area contributed by atoms with E-state index in [9.17, 15) is 9.59 Å². The zero-order chi connectivity index (χ0) is 13.8. The highest BCUT2D eigenvalue weighted by Gasteiger charge is 2.00. The van der Waals surface area contributed by atoms with Crippen molar-refractivity contribution in [2.24, 2.45) is 5.73 Å². The van der Waals surface area contributed by atoms with Crippen LogP contribution in [0, 0.1) is 0 Å². The summed E-state index contributed by atoms with van der Waals surface area (Å²) in [6.45, 7) is 11.3. The van der Waals surface area contributed by atoms with Crippen molar-refractivity contribution in [1.82, 2.24) is 0 Å². The van der Waals surface area contributed by atoms with Gasteiger partial charge in [-0.25, -0.2) is 4.79 Å². The monoisotopic (exact) mass is 241 g/mol. The molecule has 0 atom stereocenters. The average molecular weight is 241 g/mol. The summed E-state index contributed by atoms with van der Waals surface area (Å²) in [5, 5.41) is 0. The lowest BCUT2D eigenvalue weighted by atomic mass is 10.3. The second kappa shape index (κ2) is 10.9. The Morgan fingerprint density at radius 2 is 1.82 bits per heavy atom. The number of carbonyl (C=O) groups excluding carboxylic acids is 2. The number of nitrogens with two attached hydrogens (primary N) is 1. The lowest BCUT2D eigenvalue weighted by Crippen LogP contribution is -2.05. The molecule has 0 aromatic rings. The van der Waals surface area contributed by atoms with Gasteiger partial charge in [0.15, 0.2) is 0 Å². The van der Waals surface area contributed by atoms with Gasteiger partial charge < -0.3 is 10.5 Å². The Labute approximate surface area is 104 Å². The predicted octanol–water partition coefficient (Wildman–Crippen LogP) is 2.34. The number of esters is 1. The molecule has 0 saturated heterocycles. The van der Waals surface area contributed by atoms with E-state index in [-0.39, 0.29) is 11.9 Å². The normalized spacial score (nSPS) is 8.47. The molecule has 0 saturated carbocycles. The number of unbranched alkanes of at least 4 members (excludes halogenated alkanes) is 1.